The number of halogens is 1. The van der Waals surface area contributed by atoms with Crippen molar-refractivity contribution in [3.63, 3.8) is 0 Å². The van der Waals surface area contributed by atoms with Crippen LogP contribution < -0.4 is 4.74 Å². The first-order valence-electron chi connectivity index (χ1n) is 12.0. The average Bonchev–Trinajstić information content (AvgIpc) is 3.29. The maximum absolute atomic E-state index is 14.1. The highest BCUT2D eigenvalue weighted by Crippen LogP contribution is 2.49. The van der Waals surface area contributed by atoms with Gasteiger partial charge in [-0.2, -0.15) is 0 Å². The molecule has 0 spiro atoms. The summed E-state index contributed by atoms with van der Waals surface area (Å²) < 4.78 is 19.1. The van der Waals surface area contributed by atoms with Crippen molar-refractivity contribution >= 4 is 22.7 Å². The van der Waals surface area contributed by atoms with Crippen LogP contribution in [0.2, 0.25) is 0 Å². The third kappa shape index (κ3) is 3.22. The number of nitrogens with one attached hydrogen (secondary N) is 1. The highest BCUT2D eigenvalue weighted by atomic mass is 19.1. The molecule has 6 nitrogen and oxygen atoms in total. The van der Waals surface area contributed by atoms with Gasteiger partial charge in [-0.1, -0.05) is 48.5 Å². The molecule has 2 atom stereocenters. The summed E-state index contributed by atoms with van der Waals surface area (Å²) in [5.74, 6) is -0.0340. The van der Waals surface area contributed by atoms with E-state index >= 15 is 0 Å². The second-order valence-electron chi connectivity index (χ2n) is 9.62. The lowest BCUT2D eigenvalue weighted by Gasteiger charge is -2.51. The van der Waals surface area contributed by atoms with Crippen molar-refractivity contribution in [1.82, 2.24) is 14.8 Å². The van der Waals surface area contributed by atoms with Gasteiger partial charge in [-0.15, -0.1) is 0 Å². The first-order valence-corrected chi connectivity index (χ1v) is 12.0. The van der Waals surface area contributed by atoms with Crippen LogP contribution in [0.15, 0.2) is 72.8 Å². The summed E-state index contributed by atoms with van der Waals surface area (Å²) in [6, 6.07) is 21.9. The number of nitrogens with zero attached hydrogens (tertiary/aromatic N) is 2. The Morgan fingerprint density at radius 2 is 1.75 bits per heavy atom. The van der Waals surface area contributed by atoms with Gasteiger partial charge in [0.15, 0.2) is 5.54 Å². The lowest BCUT2D eigenvalue weighted by Crippen LogP contribution is -2.67. The van der Waals surface area contributed by atoms with E-state index < -0.39 is 5.54 Å². The second-order valence-corrected chi connectivity index (χ2v) is 9.62. The van der Waals surface area contributed by atoms with E-state index in [2.05, 4.69) is 11.1 Å². The number of benzene rings is 3. The van der Waals surface area contributed by atoms with Gasteiger partial charge < -0.3 is 19.5 Å². The number of methoxy groups -OCH3 is 1. The summed E-state index contributed by atoms with van der Waals surface area (Å²) in [4.78, 5) is 34.5. The lowest BCUT2D eigenvalue weighted by atomic mass is 9.76. The Balaban J connectivity index is 1.51. The Kier molecular flexibility index (Phi) is 5.10. The fraction of sp³-hybridized carbons (Fsp3) is 0.241. The third-order valence-corrected chi connectivity index (χ3v) is 7.62. The molecule has 3 aromatic carbocycles. The molecule has 2 unspecified atom stereocenters. The van der Waals surface area contributed by atoms with Crippen molar-refractivity contribution in [3.05, 3.63) is 101 Å². The molecule has 36 heavy (non-hydrogen) atoms. The van der Waals surface area contributed by atoms with E-state index in [4.69, 9.17) is 4.74 Å². The molecule has 0 saturated carbocycles. The van der Waals surface area contributed by atoms with E-state index in [0.29, 0.717) is 6.54 Å². The van der Waals surface area contributed by atoms with Gasteiger partial charge in [0.1, 0.15) is 18.1 Å². The highest BCUT2D eigenvalue weighted by Gasteiger charge is 2.56. The molecule has 1 N–H and O–H groups in total. The first-order chi connectivity index (χ1) is 17.4. The number of hydrogen-bond donors (Lipinski definition) is 1. The van der Waals surface area contributed by atoms with Crippen LogP contribution in [0.3, 0.4) is 0 Å². The van der Waals surface area contributed by atoms with Gasteiger partial charge >= 0.3 is 0 Å². The maximum atomic E-state index is 14.1. The number of carbonyl (C=O) groups excluding carboxylic acids is 2. The van der Waals surface area contributed by atoms with Gasteiger partial charge in [-0.05, 0) is 42.3 Å². The smallest absolute Gasteiger partial charge is 0.255 e. The van der Waals surface area contributed by atoms with E-state index in [1.807, 2.05) is 49.4 Å². The fourth-order valence-corrected chi connectivity index (χ4v) is 5.85. The van der Waals surface area contributed by atoms with Crippen LogP contribution in [0.25, 0.3) is 10.9 Å². The van der Waals surface area contributed by atoms with Crippen LogP contribution in [0.1, 0.15) is 35.2 Å². The molecule has 1 saturated heterocycles. The molecule has 3 heterocycles. The van der Waals surface area contributed by atoms with Crippen LogP contribution >= 0.6 is 0 Å². The molecular weight excluding hydrogens is 457 g/mol. The van der Waals surface area contributed by atoms with Crippen molar-refractivity contribution in [1.29, 1.82) is 0 Å². The van der Waals surface area contributed by atoms with Crippen LogP contribution in [-0.2, 0) is 21.7 Å². The van der Waals surface area contributed by atoms with Gasteiger partial charge in [0.05, 0.1) is 12.8 Å². The van der Waals surface area contributed by atoms with Gasteiger partial charge in [0, 0.05) is 35.5 Å². The fourth-order valence-electron chi connectivity index (χ4n) is 5.85. The third-order valence-electron chi connectivity index (χ3n) is 7.62. The molecular formula is C29H26FN3O3. The van der Waals surface area contributed by atoms with Crippen LogP contribution in [-0.4, -0.2) is 46.8 Å². The number of piperazine rings is 1. The number of para-hydroxylation sites is 2. The van der Waals surface area contributed by atoms with Gasteiger partial charge in [-0.25, -0.2) is 4.39 Å². The van der Waals surface area contributed by atoms with Crippen molar-refractivity contribution in [3.8, 4) is 5.75 Å². The lowest BCUT2D eigenvalue weighted by molar-refractivity contribution is -0.166. The largest absolute Gasteiger partial charge is 0.496 e. The zero-order valence-corrected chi connectivity index (χ0v) is 20.1. The zero-order valence-electron chi connectivity index (χ0n) is 20.1. The van der Waals surface area contributed by atoms with Gasteiger partial charge in [0.2, 0.25) is 5.91 Å². The van der Waals surface area contributed by atoms with Gasteiger partial charge in [-0.3, -0.25) is 9.59 Å². The van der Waals surface area contributed by atoms with E-state index in [0.717, 1.165) is 39.0 Å². The first kappa shape index (κ1) is 22.3. The van der Waals surface area contributed by atoms with Crippen LogP contribution in [0.5, 0.6) is 5.75 Å². The molecule has 0 radical (unpaired) electrons. The standard InChI is InChI=1S/C29H26FN3O3/c1-29-27-26(21-8-3-5-9-23(21)31-27)22(20-7-4-6-10-24(20)36-2)16-33(29)25(34)17-32(28(29)35)15-18-11-13-19(30)14-12-18/h3-14,22,31H,15-17H2,1-2H3. The summed E-state index contributed by atoms with van der Waals surface area (Å²) in [6.07, 6.45) is 0. The van der Waals surface area contributed by atoms with Gasteiger partial charge in [0.25, 0.3) is 5.91 Å². The predicted octanol–water partition coefficient (Wildman–Crippen LogP) is 4.55. The van der Waals surface area contributed by atoms with Crippen molar-refractivity contribution in [2.75, 3.05) is 20.2 Å². The molecule has 7 heteroatoms. The van der Waals surface area contributed by atoms with E-state index in [1.165, 1.54) is 12.1 Å². The predicted molar refractivity (Wildman–Crippen MR) is 134 cm³/mol. The monoisotopic (exact) mass is 483 g/mol. The Hall–Kier alpha value is -4.13. The summed E-state index contributed by atoms with van der Waals surface area (Å²) in [5.41, 5.74) is 3.21. The second kappa shape index (κ2) is 8.22. The van der Waals surface area contributed by atoms with E-state index in [1.54, 1.807) is 29.0 Å². The number of carbonyl (C=O) groups is 2. The molecule has 6 rings (SSSR count). The molecule has 2 aliphatic heterocycles. The zero-order chi connectivity index (χ0) is 25.0. The topological polar surface area (TPSA) is 65.6 Å². The van der Waals surface area contributed by atoms with Crippen LogP contribution in [0, 0.1) is 5.82 Å². The normalized spacial score (nSPS) is 21.5. The number of aromatic nitrogens is 1. The Bertz CT molecular complexity index is 1500. The number of aromatic amines is 1. The van der Waals surface area contributed by atoms with Crippen molar-refractivity contribution < 1.29 is 18.7 Å². The van der Waals surface area contributed by atoms with Crippen LogP contribution in [0.4, 0.5) is 4.39 Å². The number of fused-ring (bicyclic) bond motifs is 5. The quantitative estimate of drug-likeness (QED) is 0.463. The number of amides is 2. The molecule has 1 aromatic heterocycles. The SMILES string of the molecule is COc1ccccc1C1CN2C(=O)CN(Cc3ccc(F)cc3)C(=O)C2(C)c2[nH]c3ccccc3c21. The Morgan fingerprint density at radius 3 is 2.53 bits per heavy atom. The molecule has 2 aliphatic rings. The highest BCUT2D eigenvalue weighted by molar-refractivity contribution is 6.01. The average molecular weight is 484 g/mol. The summed E-state index contributed by atoms with van der Waals surface area (Å²) in [6.45, 7) is 2.40. The number of H-pyrrole nitrogens is 1. The molecule has 1 fully saturated rings. The minimum Gasteiger partial charge on any atom is -0.496 e. The minimum absolute atomic E-state index is 0.0278. The molecule has 0 aliphatic carbocycles. The number of rotatable bonds is 4. The van der Waals surface area contributed by atoms with E-state index in [-0.39, 0.29) is 36.6 Å². The Morgan fingerprint density at radius 1 is 1.03 bits per heavy atom. The number of ether oxygens (including phenoxy) is 1. The Labute approximate surface area is 208 Å². The van der Waals surface area contributed by atoms with E-state index in [9.17, 15) is 14.0 Å². The maximum Gasteiger partial charge on any atom is 0.255 e. The molecule has 4 aromatic rings. The van der Waals surface area contributed by atoms with Crippen molar-refractivity contribution in [2.24, 2.45) is 0 Å². The summed E-state index contributed by atoms with van der Waals surface area (Å²) >= 11 is 0. The van der Waals surface area contributed by atoms with Crippen molar-refractivity contribution in [2.45, 2.75) is 24.9 Å². The molecule has 2 amide bonds. The molecule has 0 bridgehead atoms. The summed E-state index contributed by atoms with van der Waals surface area (Å²) in [5, 5.41) is 1.03. The summed E-state index contributed by atoms with van der Waals surface area (Å²) in [7, 11) is 1.64. The minimum atomic E-state index is -1.19. The number of hydrogen-bond acceptors (Lipinski definition) is 3. The molecule has 182 valence electrons.